The topological polar surface area (TPSA) is 69.5 Å². The van der Waals surface area contributed by atoms with Gasteiger partial charge >= 0.3 is 6.18 Å². The fraction of sp³-hybridized carbons (Fsp3) is 0.286. The average molecular weight is 432 g/mol. The fourth-order valence-corrected chi connectivity index (χ4v) is 3.35. The van der Waals surface area contributed by atoms with Crippen LogP contribution in [0.1, 0.15) is 16.1 Å². The Labute approximate surface area is 176 Å². The standard InChI is InChI=1S/C21H19F3N4O3/c1-27-17(10-16(26-27)14-6-3-4-8-18(14)30-2)20(29)28-11-13(12-28)31-19-15(21(22,23)24)7-5-9-25-19/h3-10,13H,11-12H2,1-2H3. The molecule has 7 nitrogen and oxygen atoms in total. The Balaban J connectivity index is 1.45. The number of pyridine rings is 1. The highest BCUT2D eigenvalue weighted by molar-refractivity contribution is 5.94. The second-order valence-corrected chi connectivity index (χ2v) is 7.04. The van der Waals surface area contributed by atoms with E-state index in [0.717, 1.165) is 11.6 Å². The van der Waals surface area contributed by atoms with Crippen LogP contribution in [0.2, 0.25) is 0 Å². The van der Waals surface area contributed by atoms with Crippen LogP contribution in [0.5, 0.6) is 11.6 Å². The molecule has 1 amide bonds. The van der Waals surface area contributed by atoms with Gasteiger partial charge < -0.3 is 14.4 Å². The predicted octanol–water partition coefficient (Wildman–Crippen LogP) is 3.41. The summed E-state index contributed by atoms with van der Waals surface area (Å²) in [4.78, 5) is 18.0. The zero-order valence-corrected chi connectivity index (χ0v) is 16.8. The molecule has 1 aromatic carbocycles. The first-order valence-electron chi connectivity index (χ1n) is 9.43. The molecule has 1 saturated heterocycles. The number of amides is 1. The van der Waals surface area contributed by atoms with Gasteiger partial charge in [-0.25, -0.2) is 4.98 Å². The molecule has 0 unspecified atom stereocenters. The normalized spacial score (nSPS) is 14.3. The van der Waals surface area contributed by atoms with Crippen LogP contribution in [0.25, 0.3) is 11.3 Å². The summed E-state index contributed by atoms with van der Waals surface area (Å²) in [6.07, 6.45) is -3.89. The Bertz CT molecular complexity index is 1110. The van der Waals surface area contributed by atoms with Crippen LogP contribution in [0.15, 0.2) is 48.7 Å². The van der Waals surface area contributed by atoms with Crippen molar-refractivity contribution in [3.63, 3.8) is 0 Å². The van der Waals surface area contributed by atoms with Crippen molar-refractivity contribution >= 4 is 5.91 Å². The van der Waals surface area contributed by atoms with E-state index in [4.69, 9.17) is 9.47 Å². The van der Waals surface area contributed by atoms with E-state index in [0.29, 0.717) is 17.1 Å². The van der Waals surface area contributed by atoms with Gasteiger partial charge in [0, 0.05) is 18.8 Å². The summed E-state index contributed by atoms with van der Waals surface area (Å²) < 4.78 is 51.5. The highest BCUT2D eigenvalue weighted by Crippen LogP contribution is 2.35. The molecule has 2 aromatic heterocycles. The van der Waals surface area contributed by atoms with Gasteiger partial charge in [0.25, 0.3) is 5.91 Å². The number of hydrogen-bond acceptors (Lipinski definition) is 5. The zero-order chi connectivity index (χ0) is 22.2. The van der Waals surface area contributed by atoms with Crippen molar-refractivity contribution in [2.75, 3.05) is 20.2 Å². The van der Waals surface area contributed by atoms with Gasteiger partial charge in [0.15, 0.2) is 0 Å². The van der Waals surface area contributed by atoms with Gasteiger partial charge in [-0.2, -0.15) is 18.3 Å². The van der Waals surface area contributed by atoms with E-state index < -0.39 is 23.7 Å². The van der Waals surface area contributed by atoms with E-state index >= 15 is 0 Å². The molecule has 0 atom stereocenters. The van der Waals surface area contributed by atoms with Gasteiger partial charge in [0.2, 0.25) is 5.88 Å². The zero-order valence-electron chi connectivity index (χ0n) is 16.8. The highest BCUT2D eigenvalue weighted by atomic mass is 19.4. The number of carbonyl (C=O) groups is 1. The molecule has 0 bridgehead atoms. The monoisotopic (exact) mass is 432 g/mol. The van der Waals surface area contributed by atoms with Crippen LogP contribution in [0.4, 0.5) is 13.2 Å². The molecule has 162 valence electrons. The molecule has 0 N–H and O–H groups in total. The molecule has 31 heavy (non-hydrogen) atoms. The third-order valence-corrected chi connectivity index (χ3v) is 4.97. The van der Waals surface area contributed by atoms with Crippen molar-refractivity contribution in [3.05, 3.63) is 59.9 Å². The van der Waals surface area contributed by atoms with Crippen molar-refractivity contribution in [3.8, 4) is 22.9 Å². The van der Waals surface area contributed by atoms with E-state index in [2.05, 4.69) is 10.1 Å². The SMILES string of the molecule is COc1ccccc1-c1cc(C(=O)N2CC(Oc3ncccc3C(F)(F)F)C2)n(C)n1. The molecule has 0 saturated carbocycles. The number of benzene rings is 1. The number of para-hydroxylation sites is 1. The van der Waals surface area contributed by atoms with Crippen molar-refractivity contribution < 1.29 is 27.4 Å². The Morgan fingerprint density at radius 3 is 2.61 bits per heavy atom. The quantitative estimate of drug-likeness (QED) is 0.618. The van der Waals surface area contributed by atoms with Gasteiger partial charge in [-0.3, -0.25) is 9.48 Å². The lowest BCUT2D eigenvalue weighted by atomic mass is 10.1. The molecular weight excluding hydrogens is 413 g/mol. The Morgan fingerprint density at radius 1 is 1.16 bits per heavy atom. The first-order chi connectivity index (χ1) is 14.8. The smallest absolute Gasteiger partial charge is 0.421 e. The van der Waals surface area contributed by atoms with Gasteiger partial charge in [0.05, 0.1) is 25.9 Å². The molecule has 0 aliphatic carbocycles. The summed E-state index contributed by atoms with van der Waals surface area (Å²) in [6, 6.07) is 11.1. The number of alkyl halides is 3. The van der Waals surface area contributed by atoms with E-state index in [1.165, 1.54) is 21.8 Å². The van der Waals surface area contributed by atoms with Crippen LogP contribution in [-0.4, -0.2) is 51.9 Å². The minimum absolute atomic E-state index is 0.155. The number of carbonyl (C=O) groups excluding carboxylic acids is 1. The first-order valence-corrected chi connectivity index (χ1v) is 9.43. The average Bonchev–Trinajstić information content (AvgIpc) is 3.11. The van der Waals surface area contributed by atoms with E-state index in [-0.39, 0.29) is 19.0 Å². The first kappa shape index (κ1) is 20.7. The third kappa shape index (κ3) is 4.05. The summed E-state index contributed by atoms with van der Waals surface area (Å²) >= 11 is 0. The number of hydrogen-bond donors (Lipinski definition) is 0. The van der Waals surface area contributed by atoms with Gasteiger partial charge in [-0.1, -0.05) is 12.1 Å². The molecule has 1 fully saturated rings. The molecule has 1 aliphatic heterocycles. The highest BCUT2D eigenvalue weighted by Gasteiger charge is 2.39. The minimum Gasteiger partial charge on any atom is -0.496 e. The maximum atomic E-state index is 13.1. The lowest BCUT2D eigenvalue weighted by Crippen LogP contribution is -2.56. The van der Waals surface area contributed by atoms with Crippen molar-refractivity contribution in [1.29, 1.82) is 0 Å². The number of aryl methyl sites for hydroxylation is 1. The number of likely N-dealkylation sites (tertiary alicyclic amines) is 1. The number of halogens is 3. The van der Waals surface area contributed by atoms with Gasteiger partial charge in [0.1, 0.15) is 23.1 Å². The van der Waals surface area contributed by atoms with E-state index in [9.17, 15) is 18.0 Å². The lowest BCUT2D eigenvalue weighted by Gasteiger charge is -2.38. The van der Waals surface area contributed by atoms with E-state index in [1.807, 2.05) is 18.2 Å². The van der Waals surface area contributed by atoms with Gasteiger partial charge in [-0.05, 0) is 30.3 Å². The summed E-state index contributed by atoms with van der Waals surface area (Å²) in [5.74, 6) is -0.132. The van der Waals surface area contributed by atoms with Crippen LogP contribution >= 0.6 is 0 Å². The molecule has 0 spiro atoms. The van der Waals surface area contributed by atoms with Crippen LogP contribution < -0.4 is 9.47 Å². The largest absolute Gasteiger partial charge is 0.496 e. The predicted molar refractivity (Wildman–Crippen MR) is 105 cm³/mol. The molecule has 3 heterocycles. The second kappa shape index (κ2) is 7.93. The second-order valence-electron chi connectivity index (χ2n) is 7.04. The summed E-state index contributed by atoms with van der Waals surface area (Å²) in [5.41, 5.74) is 0.750. The summed E-state index contributed by atoms with van der Waals surface area (Å²) in [5, 5.41) is 4.40. The number of rotatable bonds is 5. The van der Waals surface area contributed by atoms with Crippen molar-refractivity contribution in [2.45, 2.75) is 12.3 Å². The third-order valence-electron chi connectivity index (χ3n) is 4.97. The summed E-state index contributed by atoms with van der Waals surface area (Å²) in [6.45, 7) is 0.309. The van der Waals surface area contributed by atoms with Crippen LogP contribution in [0.3, 0.4) is 0 Å². The Kier molecular flexibility index (Phi) is 5.30. The molecule has 1 aliphatic rings. The Morgan fingerprint density at radius 2 is 1.90 bits per heavy atom. The Hall–Kier alpha value is -3.56. The number of aromatic nitrogens is 3. The summed E-state index contributed by atoms with van der Waals surface area (Å²) in [7, 11) is 3.21. The van der Waals surface area contributed by atoms with E-state index in [1.54, 1.807) is 26.3 Å². The van der Waals surface area contributed by atoms with Crippen LogP contribution in [-0.2, 0) is 13.2 Å². The molecule has 10 heteroatoms. The fourth-order valence-electron chi connectivity index (χ4n) is 3.35. The maximum Gasteiger partial charge on any atom is 0.421 e. The van der Waals surface area contributed by atoms with Gasteiger partial charge in [-0.15, -0.1) is 0 Å². The number of nitrogens with zero attached hydrogens (tertiary/aromatic N) is 4. The molecular formula is C21H19F3N4O3. The van der Waals surface area contributed by atoms with Crippen molar-refractivity contribution in [2.24, 2.45) is 7.05 Å². The molecule has 4 rings (SSSR count). The lowest BCUT2D eigenvalue weighted by molar-refractivity contribution is -0.140. The maximum absolute atomic E-state index is 13.1. The number of ether oxygens (including phenoxy) is 2. The number of methoxy groups -OCH3 is 1. The minimum atomic E-state index is -4.56. The van der Waals surface area contributed by atoms with Crippen molar-refractivity contribution in [1.82, 2.24) is 19.7 Å². The molecule has 0 radical (unpaired) electrons. The van der Waals surface area contributed by atoms with Crippen LogP contribution in [0, 0.1) is 0 Å². The molecule has 3 aromatic rings.